The molecule has 170 valence electrons. The highest BCUT2D eigenvalue weighted by Gasteiger charge is 2.34. The van der Waals surface area contributed by atoms with Gasteiger partial charge in [0.25, 0.3) is 11.8 Å². The normalized spacial score (nSPS) is 14.7. The van der Waals surface area contributed by atoms with Crippen molar-refractivity contribution in [2.24, 2.45) is 0 Å². The fourth-order valence-electron chi connectivity index (χ4n) is 3.74. The number of carbonyl (C=O) groups excluding carboxylic acids is 2. The van der Waals surface area contributed by atoms with Crippen LogP contribution in [0, 0.1) is 0 Å². The Hall–Kier alpha value is -4.62. The third-order valence-corrected chi connectivity index (χ3v) is 5.69. The summed E-state index contributed by atoms with van der Waals surface area (Å²) in [5, 5.41) is 2.65. The average molecular weight is 478 g/mol. The molecule has 35 heavy (non-hydrogen) atoms. The summed E-state index contributed by atoms with van der Waals surface area (Å²) in [7, 11) is 0. The number of anilines is 1. The van der Waals surface area contributed by atoms with E-state index in [0.29, 0.717) is 17.2 Å². The number of ether oxygens (including phenoxy) is 1. The van der Waals surface area contributed by atoms with Gasteiger partial charge in [0.2, 0.25) is 0 Å². The van der Waals surface area contributed by atoms with Gasteiger partial charge in [-0.3, -0.25) is 24.8 Å². The van der Waals surface area contributed by atoms with Gasteiger partial charge in [-0.1, -0.05) is 48.5 Å². The number of nitrogens with one attached hydrogen (secondary N) is 1. The van der Waals surface area contributed by atoms with Crippen LogP contribution >= 0.6 is 12.2 Å². The predicted octanol–water partition coefficient (Wildman–Crippen LogP) is 5.37. The number of hydrogen-bond donors (Lipinski definition) is 1. The van der Waals surface area contributed by atoms with Gasteiger partial charge in [0.15, 0.2) is 5.11 Å². The van der Waals surface area contributed by atoms with Crippen LogP contribution in [0.1, 0.15) is 5.56 Å². The Morgan fingerprint density at radius 1 is 0.829 bits per heavy atom. The molecule has 0 bridgehead atoms. The summed E-state index contributed by atoms with van der Waals surface area (Å²) in [6.07, 6.45) is 5.01. The van der Waals surface area contributed by atoms with Gasteiger partial charge in [0.1, 0.15) is 17.1 Å². The number of hydrogen-bond acceptors (Lipinski definition) is 5. The number of benzene rings is 3. The molecule has 7 heteroatoms. The van der Waals surface area contributed by atoms with Crippen molar-refractivity contribution in [1.82, 2.24) is 10.3 Å². The highest BCUT2D eigenvalue weighted by atomic mass is 32.1. The van der Waals surface area contributed by atoms with Crippen LogP contribution in [0.2, 0.25) is 0 Å². The lowest BCUT2D eigenvalue weighted by Gasteiger charge is -2.29. The molecule has 1 aromatic heterocycles. The minimum Gasteiger partial charge on any atom is -0.457 e. The minimum absolute atomic E-state index is 0.0143. The second kappa shape index (κ2) is 9.70. The van der Waals surface area contributed by atoms with Crippen molar-refractivity contribution in [3.05, 3.63) is 115 Å². The molecule has 0 atom stereocenters. The van der Waals surface area contributed by atoms with Crippen LogP contribution in [0.5, 0.6) is 11.5 Å². The molecular weight excluding hydrogens is 458 g/mol. The average Bonchev–Trinajstić information content (AvgIpc) is 2.89. The molecule has 1 N–H and O–H groups in total. The van der Waals surface area contributed by atoms with Crippen LogP contribution in [-0.4, -0.2) is 21.9 Å². The number of thiocarbonyl (C=S) groups is 1. The molecule has 1 fully saturated rings. The maximum Gasteiger partial charge on any atom is 0.270 e. The first-order valence-electron chi connectivity index (χ1n) is 10.8. The standard InChI is InChI=1S/C28H19N3O3S/c32-26-25(17-19-7-4-5-11-24(19)20-8-6-16-29-18-20)27(33)31(28(35)30-26)21-12-14-23(15-13-21)34-22-9-2-1-3-10-22/h1-18H,(H,30,32,35)/b25-17+. The van der Waals surface area contributed by atoms with E-state index in [-0.39, 0.29) is 10.7 Å². The van der Waals surface area contributed by atoms with E-state index < -0.39 is 11.8 Å². The van der Waals surface area contributed by atoms with Gasteiger partial charge in [-0.2, -0.15) is 0 Å². The Morgan fingerprint density at radius 3 is 2.29 bits per heavy atom. The molecule has 4 aromatic rings. The van der Waals surface area contributed by atoms with Crippen molar-refractivity contribution in [3.8, 4) is 22.6 Å². The van der Waals surface area contributed by atoms with Crippen molar-refractivity contribution < 1.29 is 14.3 Å². The second-order valence-electron chi connectivity index (χ2n) is 7.70. The molecule has 0 saturated carbocycles. The molecular formula is C28H19N3O3S. The van der Waals surface area contributed by atoms with Crippen molar-refractivity contribution in [3.63, 3.8) is 0 Å². The van der Waals surface area contributed by atoms with Crippen LogP contribution in [-0.2, 0) is 9.59 Å². The number of rotatable bonds is 5. The molecule has 1 aliphatic rings. The molecule has 0 spiro atoms. The van der Waals surface area contributed by atoms with E-state index >= 15 is 0 Å². The van der Waals surface area contributed by atoms with Crippen molar-refractivity contribution >= 4 is 40.9 Å². The third kappa shape index (κ3) is 4.71. The van der Waals surface area contributed by atoms with Crippen molar-refractivity contribution in [2.75, 3.05) is 4.90 Å². The Morgan fingerprint density at radius 2 is 1.54 bits per heavy atom. The van der Waals surface area contributed by atoms with E-state index in [2.05, 4.69) is 10.3 Å². The topological polar surface area (TPSA) is 71.5 Å². The van der Waals surface area contributed by atoms with Gasteiger partial charge in [0.05, 0.1) is 5.69 Å². The monoisotopic (exact) mass is 477 g/mol. The second-order valence-corrected chi connectivity index (χ2v) is 8.08. The zero-order valence-electron chi connectivity index (χ0n) is 18.4. The van der Waals surface area contributed by atoms with Crippen LogP contribution in [0.3, 0.4) is 0 Å². The highest BCUT2D eigenvalue weighted by molar-refractivity contribution is 7.80. The summed E-state index contributed by atoms with van der Waals surface area (Å²) in [5.41, 5.74) is 2.96. The fraction of sp³-hybridized carbons (Fsp3) is 0. The van der Waals surface area contributed by atoms with Crippen LogP contribution in [0.15, 0.2) is 109 Å². The van der Waals surface area contributed by atoms with Gasteiger partial charge >= 0.3 is 0 Å². The number of aromatic nitrogens is 1. The van der Waals surface area contributed by atoms with Gasteiger partial charge in [-0.15, -0.1) is 0 Å². The van der Waals surface area contributed by atoms with E-state index in [1.165, 1.54) is 4.90 Å². The third-order valence-electron chi connectivity index (χ3n) is 5.41. The van der Waals surface area contributed by atoms with Crippen LogP contribution in [0.25, 0.3) is 17.2 Å². The van der Waals surface area contributed by atoms with Crippen molar-refractivity contribution in [1.29, 1.82) is 0 Å². The highest BCUT2D eigenvalue weighted by Crippen LogP contribution is 2.29. The summed E-state index contributed by atoms with van der Waals surface area (Å²) < 4.78 is 5.82. The molecule has 0 aliphatic carbocycles. The maximum atomic E-state index is 13.4. The zero-order valence-corrected chi connectivity index (χ0v) is 19.2. The maximum absolute atomic E-state index is 13.4. The smallest absolute Gasteiger partial charge is 0.270 e. The molecule has 6 nitrogen and oxygen atoms in total. The number of pyridine rings is 1. The lowest BCUT2D eigenvalue weighted by Crippen LogP contribution is -2.54. The molecule has 5 rings (SSSR count). The Balaban J connectivity index is 1.45. The van der Waals surface area contributed by atoms with Crippen LogP contribution < -0.4 is 15.0 Å². The van der Waals surface area contributed by atoms with Crippen LogP contribution in [0.4, 0.5) is 5.69 Å². The number of amides is 2. The Kier molecular flexibility index (Phi) is 6.15. The fourth-order valence-corrected chi connectivity index (χ4v) is 4.02. The first kappa shape index (κ1) is 22.2. The predicted molar refractivity (Wildman–Crippen MR) is 139 cm³/mol. The molecule has 3 aromatic carbocycles. The van der Waals surface area contributed by atoms with E-state index in [9.17, 15) is 9.59 Å². The Bertz CT molecular complexity index is 1440. The van der Waals surface area contributed by atoms with Gasteiger partial charge < -0.3 is 4.74 Å². The van der Waals surface area contributed by atoms with Crippen molar-refractivity contribution in [2.45, 2.75) is 0 Å². The van der Waals surface area contributed by atoms with E-state index in [1.807, 2.05) is 66.7 Å². The minimum atomic E-state index is -0.540. The number of nitrogens with zero attached hydrogens (tertiary/aromatic N) is 2. The first-order valence-corrected chi connectivity index (χ1v) is 11.2. The number of para-hydroxylation sites is 1. The molecule has 0 unspecified atom stereocenters. The zero-order chi connectivity index (χ0) is 24.2. The molecule has 2 amide bonds. The van der Waals surface area contributed by atoms with Gasteiger partial charge in [0, 0.05) is 18.0 Å². The van der Waals surface area contributed by atoms with Gasteiger partial charge in [-0.05, 0) is 71.9 Å². The quantitative estimate of drug-likeness (QED) is 0.238. The SMILES string of the molecule is O=C1NC(=S)N(c2ccc(Oc3ccccc3)cc2)C(=O)/C1=C/c1ccccc1-c1cccnc1. The van der Waals surface area contributed by atoms with E-state index in [4.69, 9.17) is 17.0 Å². The lowest BCUT2D eigenvalue weighted by molar-refractivity contribution is -0.122. The summed E-state index contributed by atoms with van der Waals surface area (Å²) in [6.45, 7) is 0. The summed E-state index contributed by atoms with van der Waals surface area (Å²) >= 11 is 5.33. The molecule has 1 saturated heterocycles. The largest absolute Gasteiger partial charge is 0.457 e. The summed E-state index contributed by atoms with van der Waals surface area (Å²) in [4.78, 5) is 31.7. The van der Waals surface area contributed by atoms with Gasteiger partial charge in [-0.25, -0.2) is 0 Å². The van der Waals surface area contributed by atoms with E-state index in [0.717, 1.165) is 16.7 Å². The van der Waals surface area contributed by atoms with E-state index in [1.54, 1.807) is 42.7 Å². The summed E-state index contributed by atoms with van der Waals surface area (Å²) in [6, 6.07) is 27.6. The molecule has 0 radical (unpaired) electrons. The summed E-state index contributed by atoms with van der Waals surface area (Å²) in [5.74, 6) is 0.271. The first-order chi connectivity index (χ1) is 17.1. The Labute approximate surface area is 207 Å². The number of carbonyl (C=O) groups is 2. The lowest BCUT2D eigenvalue weighted by atomic mass is 9.98. The molecule has 2 heterocycles. The molecule has 1 aliphatic heterocycles.